The van der Waals surface area contributed by atoms with Gasteiger partial charge in [-0.3, -0.25) is 14.6 Å². The Kier molecular flexibility index (Phi) is 4.19. The van der Waals surface area contributed by atoms with E-state index in [9.17, 15) is 9.59 Å². The van der Waals surface area contributed by atoms with Crippen molar-refractivity contribution in [1.82, 2.24) is 4.98 Å². The molecule has 1 N–H and O–H groups in total. The summed E-state index contributed by atoms with van der Waals surface area (Å²) in [5.74, 6) is -0.259. The van der Waals surface area contributed by atoms with Crippen LogP contribution >= 0.6 is 0 Å². The number of pyridine rings is 1. The van der Waals surface area contributed by atoms with Crippen molar-refractivity contribution in [3.05, 3.63) is 89.7 Å². The van der Waals surface area contributed by atoms with Crippen LogP contribution in [0.3, 0.4) is 0 Å². The number of carbonyl (C=O) groups excluding carboxylic acids is 2. The fraction of sp³-hybridized carbons (Fsp3) is 0.0952. The minimum absolute atomic E-state index is 0.0277. The molecule has 0 spiro atoms. The third-order valence-electron chi connectivity index (χ3n) is 4.45. The molecule has 3 aromatic rings. The molecule has 2 heterocycles. The number of rotatable bonds is 3. The average molecular weight is 343 g/mol. The van der Waals surface area contributed by atoms with Gasteiger partial charge in [-0.1, -0.05) is 18.2 Å². The van der Waals surface area contributed by atoms with Crippen molar-refractivity contribution < 1.29 is 9.59 Å². The summed E-state index contributed by atoms with van der Waals surface area (Å²) in [5.41, 5.74) is 3.90. The fourth-order valence-corrected chi connectivity index (χ4v) is 3.10. The molecule has 5 nitrogen and oxygen atoms in total. The van der Waals surface area contributed by atoms with Crippen molar-refractivity contribution in [2.75, 3.05) is 16.8 Å². The van der Waals surface area contributed by atoms with Gasteiger partial charge in [0.25, 0.3) is 11.8 Å². The predicted molar refractivity (Wildman–Crippen MR) is 100 cm³/mol. The van der Waals surface area contributed by atoms with E-state index in [1.807, 2.05) is 18.2 Å². The maximum absolute atomic E-state index is 12.8. The van der Waals surface area contributed by atoms with Gasteiger partial charge in [-0.15, -0.1) is 0 Å². The van der Waals surface area contributed by atoms with Crippen LogP contribution in [0.2, 0.25) is 0 Å². The molecule has 128 valence electrons. The van der Waals surface area contributed by atoms with Crippen LogP contribution in [-0.4, -0.2) is 23.3 Å². The van der Waals surface area contributed by atoms with Crippen molar-refractivity contribution in [3.63, 3.8) is 0 Å². The lowest BCUT2D eigenvalue weighted by Gasteiger charge is -2.17. The van der Waals surface area contributed by atoms with E-state index in [1.54, 1.807) is 47.5 Å². The highest BCUT2D eigenvalue weighted by atomic mass is 16.2. The van der Waals surface area contributed by atoms with Gasteiger partial charge < -0.3 is 10.2 Å². The first-order valence-electron chi connectivity index (χ1n) is 8.43. The smallest absolute Gasteiger partial charge is 0.258 e. The number of fused-ring (bicyclic) bond motifs is 1. The summed E-state index contributed by atoms with van der Waals surface area (Å²) in [5, 5.41) is 2.81. The van der Waals surface area contributed by atoms with Crippen LogP contribution in [0.5, 0.6) is 0 Å². The summed E-state index contributed by atoms with van der Waals surface area (Å²) in [6.45, 7) is 0.692. The van der Waals surface area contributed by atoms with Gasteiger partial charge in [0.05, 0.1) is 5.56 Å². The molecule has 0 radical (unpaired) electrons. The highest BCUT2D eigenvalue weighted by Crippen LogP contribution is 2.29. The molecular formula is C21H17N3O2. The Bertz CT molecular complexity index is 953. The Morgan fingerprint density at radius 2 is 1.73 bits per heavy atom. The van der Waals surface area contributed by atoms with Crippen LogP contribution in [0, 0.1) is 0 Å². The molecule has 0 atom stereocenters. The minimum atomic E-state index is -0.231. The Morgan fingerprint density at radius 3 is 2.50 bits per heavy atom. The number of amides is 2. The summed E-state index contributed by atoms with van der Waals surface area (Å²) in [7, 11) is 0. The number of carbonyl (C=O) groups is 2. The first kappa shape index (κ1) is 16.0. The first-order chi connectivity index (χ1) is 12.7. The summed E-state index contributed by atoms with van der Waals surface area (Å²) in [4.78, 5) is 30.7. The topological polar surface area (TPSA) is 62.3 Å². The number of hydrogen-bond acceptors (Lipinski definition) is 3. The molecule has 0 bridgehead atoms. The molecule has 5 heteroatoms. The summed E-state index contributed by atoms with van der Waals surface area (Å²) in [6, 6.07) is 18.3. The second-order valence-corrected chi connectivity index (χ2v) is 6.11. The van der Waals surface area contributed by atoms with Crippen molar-refractivity contribution in [2.24, 2.45) is 0 Å². The van der Waals surface area contributed by atoms with E-state index in [2.05, 4.69) is 16.4 Å². The van der Waals surface area contributed by atoms with Gasteiger partial charge in [0.1, 0.15) is 0 Å². The molecule has 1 aliphatic heterocycles. The second kappa shape index (κ2) is 6.80. The largest absolute Gasteiger partial charge is 0.322 e. The molecule has 0 aliphatic carbocycles. The van der Waals surface area contributed by atoms with E-state index in [0.717, 1.165) is 12.1 Å². The number of para-hydroxylation sites is 1. The highest BCUT2D eigenvalue weighted by molar-refractivity contribution is 6.08. The number of nitrogens with zero attached hydrogens (tertiary/aromatic N) is 2. The Hall–Kier alpha value is -3.47. The van der Waals surface area contributed by atoms with E-state index in [-0.39, 0.29) is 11.8 Å². The lowest BCUT2D eigenvalue weighted by Crippen LogP contribution is -2.28. The molecule has 26 heavy (non-hydrogen) atoms. The van der Waals surface area contributed by atoms with Crippen LogP contribution in [0.15, 0.2) is 73.1 Å². The number of nitrogens with one attached hydrogen (secondary N) is 1. The third kappa shape index (κ3) is 3.07. The molecule has 0 saturated carbocycles. The second-order valence-electron chi connectivity index (χ2n) is 6.11. The minimum Gasteiger partial charge on any atom is -0.322 e. The maximum atomic E-state index is 12.8. The number of hydrogen-bond donors (Lipinski definition) is 1. The molecular weight excluding hydrogens is 326 g/mol. The molecule has 0 fully saturated rings. The van der Waals surface area contributed by atoms with Crippen molar-refractivity contribution in [1.29, 1.82) is 0 Å². The SMILES string of the molecule is O=C(Nc1ccc(C(=O)N2CCc3ccccc32)cc1)c1cccnc1. The summed E-state index contributed by atoms with van der Waals surface area (Å²) >= 11 is 0. The van der Waals surface area contributed by atoms with Crippen molar-refractivity contribution in [2.45, 2.75) is 6.42 Å². The zero-order valence-corrected chi connectivity index (χ0v) is 14.1. The third-order valence-corrected chi connectivity index (χ3v) is 4.45. The van der Waals surface area contributed by atoms with Gasteiger partial charge in [0.15, 0.2) is 0 Å². The molecule has 0 unspecified atom stereocenters. The lowest BCUT2D eigenvalue weighted by molar-refractivity contribution is 0.0988. The molecule has 2 aromatic carbocycles. The van der Waals surface area contributed by atoms with Gasteiger partial charge >= 0.3 is 0 Å². The van der Waals surface area contributed by atoms with E-state index >= 15 is 0 Å². The maximum Gasteiger partial charge on any atom is 0.258 e. The quantitative estimate of drug-likeness (QED) is 0.791. The van der Waals surface area contributed by atoms with Gasteiger partial charge in [0.2, 0.25) is 0 Å². The van der Waals surface area contributed by atoms with Gasteiger partial charge in [-0.25, -0.2) is 0 Å². The van der Waals surface area contributed by atoms with E-state index < -0.39 is 0 Å². The summed E-state index contributed by atoms with van der Waals surface area (Å²) in [6.07, 6.45) is 4.01. The zero-order chi connectivity index (χ0) is 17.9. The van der Waals surface area contributed by atoms with Crippen molar-refractivity contribution >= 4 is 23.2 Å². The number of anilines is 2. The van der Waals surface area contributed by atoms with E-state index in [1.165, 1.54) is 11.8 Å². The van der Waals surface area contributed by atoms with Crippen LogP contribution in [0.25, 0.3) is 0 Å². The van der Waals surface area contributed by atoms with Gasteiger partial charge in [-0.05, 0) is 54.4 Å². The molecule has 0 saturated heterocycles. The van der Waals surface area contributed by atoms with Gasteiger partial charge in [-0.2, -0.15) is 0 Å². The predicted octanol–water partition coefficient (Wildman–Crippen LogP) is 3.54. The zero-order valence-electron chi connectivity index (χ0n) is 14.1. The van der Waals surface area contributed by atoms with Crippen LogP contribution in [0.1, 0.15) is 26.3 Å². The molecule has 4 rings (SSSR count). The lowest BCUT2D eigenvalue weighted by atomic mass is 10.1. The first-order valence-corrected chi connectivity index (χ1v) is 8.43. The van der Waals surface area contributed by atoms with Gasteiger partial charge in [0, 0.05) is 35.9 Å². The Morgan fingerprint density at radius 1 is 0.923 bits per heavy atom. The molecule has 2 amide bonds. The van der Waals surface area contributed by atoms with E-state index in [0.29, 0.717) is 23.4 Å². The molecule has 1 aromatic heterocycles. The van der Waals surface area contributed by atoms with Crippen LogP contribution in [-0.2, 0) is 6.42 Å². The monoisotopic (exact) mass is 343 g/mol. The summed E-state index contributed by atoms with van der Waals surface area (Å²) < 4.78 is 0. The van der Waals surface area contributed by atoms with Crippen molar-refractivity contribution in [3.8, 4) is 0 Å². The average Bonchev–Trinajstić information content (AvgIpc) is 3.13. The molecule has 1 aliphatic rings. The van der Waals surface area contributed by atoms with Crippen LogP contribution < -0.4 is 10.2 Å². The fourth-order valence-electron chi connectivity index (χ4n) is 3.10. The Labute approximate surface area is 151 Å². The number of benzene rings is 2. The van der Waals surface area contributed by atoms with Crippen LogP contribution in [0.4, 0.5) is 11.4 Å². The highest BCUT2D eigenvalue weighted by Gasteiger charge is 2.24. The Balaban J connectivity index is 1.48. The standard InChI is InChI=1S/C21H17N3O2/c25-20(17-5-3-12-22-14-17)23-18-9-7-16(8-10-18)21(26)24-13-11-15-4-1-2-6-19(15)24/h1-10,12,14H,11,13H2,(H,23,25). The van der Waals surface area contributed by atoms with E-state index in [4.69, 9.17) is 0 Å². The normalized spacial score (nSPS) is 12.5. The number of aromatic nitrogens is 1.